The molecule has 2 bridgehead atoms. The van der Waals surface area contributed by atoms with Gasteiger partial charge in [-0.25, -0.2) is 0 Å². The highest BCUT2D eigenvalue weighted by molar-refractivity contribution is 5.77. The van der Waals surface area contributed by atoms with Gasteiger partial charge in [-0.3, -0.25) is 4.79 Å². The summed E-state index contributed by atoms with van der Waals surface area (Å²) in [5.41, 5.74) is 5.90. The Morgan fingerprint density at radius 3 is 2.43 bits per heavy atom. The lowest BCUT2D eigenvalue weighted by Crippen LogP contribution is -2.50. The van der Waals surface area contributed by atoms with E-state index in [1.54, 1.807) is 0 Å². The maximum atomic E-state index is 11.7. The van der Waals surface area contributed by atoms with Gasteiger partial charge in [-0.2, -0.15) is 0 Å². The predicted molar refractivity (Wildman–Crippen MR) is 52.6 cm³/mol. The van der Waals surface area contributed by atoms with Crippen LogP contribution in [-0.4, -0.2) is 40.6 Å². The van der Waals surface area contributed by atoms with Crippen molar-refractivity contribution in [3.05, 3.63) is 0 Å². The molecule has 0 aromatic carbocycles. The molecule has 2 rings (SSSR count). The van der Waals surface area contributed by atoms with Gasteiger partial charge < -0.3 is 15.7 Å². The van der Waals surface area contributed by atoms with Crippen LogP contribution in [0, 0.1) is 0 Å². The van der Waals surface area contributed by atoms with Crippen molar-refractivity contribution in [3.63, 3.8) is 0 Å². The Kier molecular flexibility index (Phi) is 2.74. The van der Waals surface area contributed by atoms with E-state index in [0.717, 1.165) is 25.7 Å². The molecule has 2 atom stereocenters. The van der Waals surface area contributed by atoms with Crippen LogP contribution in [0.1, 0.15) is 32.1 Å². The molecule has 0 radical (unpaired) electrons. The summed E-state index contributed by atoms with van der Waals surface area (Å²) in [6, 6.07) is 0.969. The quantitative estimate of drug-likeness (QED) is 0.648. The Bertz CT molecular complexity index is 218. The van der Waals surface area contributed by atoms with E-state index in [9.17, 15) is 4.79 Å². The van der Waals surface area contributed by atoms with Crippen LogP contribution in [0.3, 0.4) is 0 Å². The SMILES string of the molecule is NC1CC2CCC(C1)N2C(=O)CCO. The van der Waals surface area contributed by atoms with E-state index in [4.69, 9.17) is 10.8 Å². The standard InChI is InChI=1S/C10H18N2O2/c11-7-5-8-1-2-9(6-7)12(8)10(14)3-4-13/h7-9,13H,1-6,11H2. The van der Waals surface area contributed by atoms with Gasteiger partial charge in [-0.1, -0.05) is 0 Å². The molecule has 0 aliphatic carbocycles. The molecule has 2 aliphatic rings. The van der Waals surface area contributed by atoms with Gasteiger partial charge in [-0.05, 0) is 25.7 Å². The molecule has 2 aliphatic heterocycles. The van der Waals surface area contributed by atoms with Crippen LogP contribution in [-0.2, 0) is 4.79 Å². The monoisotopic (exact) mass is 198 g/mol. The summed E-state index contributed by atoms with van der Waals surface area (Å²) in [6.45, 7) is -0.0408. The van der Waals surface area contributed by atoms with Crippen molar-refractivity contribution in [3.8, 4) is 0 Å². The molecule has 1 amide bonds. The largest absolute Gasteiger partial charge is 0.396 e. The summed E-state index contributed by atoms with van der Waals surface area (Å²) in [4.78, 5) is 13.7. The van der Waals surface area contributed by atoms with Crippen LogP contribution in [0.2, 0.25) is 0 Å². The molecular formula is C10H18N2O2. The molecule has 0 aromatic rings. The zero-order valence-electron chi connectivity index (χ0n) is 8.35. The molecule has 80 valence electrons. The predicted octanol–water partition coefficient (Wildman–Crippen LogP) is -0.151. The Balaban J connectivity index is 2.03. The highest BCUT2D eigenvalue weighted by atomic mass is 16.3. The molecule has 4 heteroatoms. The summed E-state index contributed by atoms with van der Waals surface area (Å²) in [5, 5.41) is 8.74. The Labute approximate surface area is 84.1 Å². The van der Waals surface area contributed by atoms with Gasteiger partial charge in [0.1, 0.15) is 0 Å². The molecule has 3 N–H and O–H groups in total. The van der Waals surface area contributed by atoms with Gasteiger partial charge in [0.25, 0.3) is 0 Å². The summed E-state index contributed by atoms with van der Waals surface area (Å²) in [5.74, 6) is 0.104. The molecule has 2 saturated heterocycles. The first-order valence-electron chi connectivity index (χ1n) is 5.40. The second-order valence-corrected chi connectivity index (χ2v) is 4.39. The maximum Gasteiger partial charge on any atom is 0.225 e. The minimum atomic E-state index is -0.0408. The minimum Gasteiger partial charge on any atom is -0.396 e. The molecule has 2 fully saturated rings. The number of rotatable bonds is 2. The van der Waals surface area contributed by atoms with Crippen LogP contribution >= 0.6 is 0 Å². The number of nitrogens with two attached hydrogens (primary N) is 1. The van der Waals surface area contributed by atoms with Crippen molar-refractivity contribution in [2.24, 2.45) is 5.73 Å². The fraction of sp³-hybridized carbons (Fsp3) is 0.900. The van der Waals surface area contributed by atoms with Gasteiger partial charge in [0.15, 0.2) is 0 Å². The summed E-state index contributed by atoms with van der Waals surface area (Å²) < 4.78 is 0. The van der Waals surface area contributed by atoms with Gasteiger partial charge in [-0.15, -0.1) is 0 Å². The van der Waals surface area contributed by atoms with Crippen LogP contribution in [0.15, 0.2) is 0 Å². The third-order valence-corrected chi connectivity index (χ3v) is 3.38. The number of amides is 1. The van der Waals surface area contributed by atoms with Crippen LogP contribution in [0.5, 0.6) is 0 Å². The van der Waals surface area contributed by atoms with Crippen molar-refractivity contribution in [2.45, 2.75) is 50.2 Å². The Hall–Kier alpha value is -0.610. The topological polar surface area (TPSA) is 66.6 Å². The third kappa shape index (κ3) is 1.64. The maximum absolute atomic E-state index is 11.7. The van der Waals surface area contributed by atoms with E-state index in [2.05, 4.69) is 0 Å². The molecule has 0 spiro atoms. The average molecular weight is 198 g/mol. The number of carbonyl (C=O) groups is 1. The summed E-state index contributed by atoms with van der Waals surface area (Å²) in [6.07, 6.45) is 4.33. The normalized spacial score (nSPS) is 36.1. The highest BCUT2D eigenvalue weighted by Gasteiger charge is 2.41. The number of fused-ring (bicyclic) bond motifs is 2. The van der Waals surface area contributed by atoms with Gasteiger partial charge >= 0.3 is 0 Å². The first-order chi connectivity index (χ1) is 6.72. The number of aliphatic hydroxyl groups is 1. The van der Waals surface area contributed by atoms with Crippen LogP contribution in [0.25, 0.3) is 0 Å². The Morgan fingerprint density at radius 1 is 1.36 bits per heavy atom. The Morgan fingerprint density at radius 2 is 1.93 bits per heavy atom. The zero-order valence-corrected chi connectivity index (χ0v) is 8.35. The number of aliphatic hydroxyl groups excluding tert-OH is 1. The van der Waals surface area contributed by atoms with Gasteiger partial charge in [0.2, 0.25) is 5.91 Å². The highest BCUT2D eigenvalue weighted by Crippen LogP contribution is 2.35. The lowest BCUT2D eigenvalue weighted by atomic mass is 9.98. The van der Waals surface area contributed by atoms with E-state index in [-0.39, 0.29) is 25.0 Å². The molecule has 2 unspecified atom stereocenters. The number of piperidine rings is 1. The van der Waals surface area contributed by atoms with Crippen LogP contribution in [0.4, 0.5) is 0 Å². The molecule has 0 saturated carbocycles. The number of hydrogen-bond donors (Lipinski definition) is 2. The lowest BCUT2D eigenvalue weighted by Gasteiger charge is -2.37. The van der Waals surface area contributed by atoms with Crippen molar-refractivity contribution in [2.75, 3.05) is 6.61 Å². The summed E-state index contributed by atoms with van der Waals surface area (Å²) in [7, 11) is 0. The molecule has 4 nitrogen and oxygen atoms in total. The summed E-state index contributed by atoms with van der Waals surface area (Å²) >= 11 is 0. The van der Waals surface area contributed by atoms with Crippen molar-refractivity contribution in [1.82, 2.24) is 4.90 Å². The van der Waals surface area contributed by atoms with E-state index in [0.29, 0.717) is 12.1 Å². The first kappa shape index (κ1) is 9.93. The van der Waals surface area contributed by atoms with Crippen molar-refractivity contribution in [1.29, 1.82) is 0 Å². The van der Waals surface area contributed by atoms with Gasteiger partial charge in [0, 0.05) is 24.5 Å². The molecule has 2 heterocycles. The zero-order chi connectivity index (χ0) is 10.1. The fourth-order valence-corrected chi connectivity index (χ4v) is 2.85. The van der Waals surface area contributed by atoms with Crippen LogP contribution < -0.4 is 5.73 Å². The van der Waals surface area contributed by atoms with Crippen molar-refractivity contribution < 1.29 is 9.90 Å². The fourth-order valence-electron chi connectivity index (χ4n) is 2.85. The molecule has 14 heavy (non-hydrogen) atoms. The molecule has 0 aromatic heterocycles. The van der Waals surface area contributed by atoms with Gasteiger partial charge in [0.05, 0.1) is 6.61 Å². The smallest absolute Gasteiger partial charge is 0.225 e. The number of carbonyl (C=O) groups excluding carboxylic acids is 1. The van der Waals surface area contributed by atoms with Crippen molar-refractivity contribution >= 4 is 5.91 Å². The second kappa shape index (κ2) is 3.87. The van der Waals surface area contributed by atoms with E-state index < -0.39 is 0 Å². The third-order valence-electron chi connectivity index (χ3n) is 3.38. The first-order valence-corrected chi connectivity index (χ1v) is 5.40. The number of nitrogens with zero attached hydrogens (tertiary/aromatic N) is 1. The lowest BCUT2D eigenvalue weighted by molar-refractivity contribution is -0.136. The number of hydrogen-bond acceptors (Lipinski definition) is 3. The van der Waals surface area contributed by atoms with E-state index >= 15 is 0 Å². The van der Waals surface area contributed by atoms with E-state index in [1.807, 2.05) is 4.90 Å². The second-order valence-electron chi connectivity index (χ2n) is 4.39. The molecular weight excluding hydrogens is 180 g/mol. The average Bonchev–Trinajstić information content (AvgIpc) is 2.39. The van der Waals surface area contributed by atoms with E-state index in [1.165, 1.54) is 0 Å². The minimum absolute atomic E-state index is 0.0408.